The van der Waals surface area contributed by atoms with E-state index in [1.54, 1.807) is 36.2 Å². The smallest absolute Gasteiger partial charge is 0.317 e. The summed E-state index contributed by atoms with van der Waals surface area (Å²) < 4.78 is 5.44. The van der Waals surface area contributed by atoms with Gasteiger partial charge in [0.25, 0.3) is 0 Å². The maximum atomic E-state index is 12.7. The second-order valence-corrected chi connectivity index (χ2v) is 7.68. The fraction of sp³-hybridized carbons (Fsp3) is 0.450. The quantitative estimate of drug-likeness (QED) is 0.751. The molecule has 1 atom stereocenters. The molecule has 150 valence electrons. The van der Waals surface area contributed by atoms with Crippen LogP contribution in [0.3, 0.4) is 0 Å². The van der Waals surface area contributed by atoms with Crippen LogP contribution in [0, 0.1) is 0 Å². The van der Waals surface area contributed by atoms with Crippen LogP contribution >= 0.6 is 11.8 Å². The number of piperidine rings is 1. The molecule has 2 amide bonds. The number of hydrogen-bond donors (Lipinski definition) is 1. The number of methoxy groups -OCH3 is 1. The number of thioether (sulfide) groups is 1. The molecule has 28 heavy (non-hydrogen) atoms. The van der Waals surface area contributed by atoms with Gasteiger partial charge in [0.1, 0.15) is 5.75 Å². The minimum atomic E-state index is -0.0752. The van der Waals surface area contributed by atoms with Gasteiger partial charge in [-0.3, -0.25) is 0 Å². The Morgan fingerprint density at radius 2 is 2.18 bits per heavy atom. The van der Waals surface area contributed by atoms with E-state index in [1.807, 2.05) is 37.6 Å². The van der Waals surface area contributed by atoms with E-state index in [9.17, 15) is 4.79 Å². The molecule has 1 aliphatic heterocycles. The molecular formula is C20H27N5O2S. The van der Waals surface area contributed by atoms with Gasteiger partial charge in [0, 0.05) is 50.0 Å². The van der Waals surface area contributed by atoms with E-state index >= 15 is 0 Å². The maximum absolute atomic E-state index is 12.7. The lowest BCUT2D eigenvalue weighted by Crippen LogP contribution is -2.51. The van der Waals surface area contributed by atoms with Gasteiger partial charge in [-0.05, 0) is 42.9 Å². The van der Waals surface area contributed by atoms with Crippen LogP contribution in [0.1, 0.15) is 18.4 Å². The molecule has 0 bridgehead atoms. The summed E-state index contributed by atoms with van der Waals surface area (Å²) in [5, 5.41) is 3.14. The van der Waals surface area contributed by atoms with Crippen molar-refractivity contribution in [3.05, 3.63) is 42.2 Å². The number of ether oxygens (including phenoxy) is 1. The van der Waals surface area contributed by atoms with Gasteiger partial charge >= 0.3 is 6.03 Å². The van der Waals surface area contributed by atoms with E-state index in [4.69, 9.17) is 4.74 Å². The van der Waals surface area contributed by atoms with Gasteiger partial charge in [-0.25, -0.2) is 14.8 Å². The zero-order valence-corrected chi connectivity index (χ0v) is 17.4. The van der Waals surface area contributed by atoms with Crippen molar-refractivity contribution in [1.82, 2.24) is 20.2 Å². The molecule has 1 fully saturated rings. The monoisotopic (exact) mass is 401 g/mol. The van der Waals surface area contributed by atoms with Crippen molar-refractivity contribution in [3.8, 4) is 5.75 Å². The normalized spacial score (nSPS) is 16.5. The van der Waals surface area contributed by atoms with Crippen molar-refractivity contribution in [2.45, 2.75) is 30.3 Å². The summed E-state index contributed by atoms with van der Waals surface area (Å²) in [6, 6.07) is 7.87. The van der Waals surface area contributed by atoms with Crippen LogP contribution in [-0.4, -0.2) is 60.4 Å². The van der Waals surface area contributed by atoms with E-state index in [0.717, 1.165) is 48.1 Å². The van der Waals surface area contributed by atoms with E-state index in [-0.39, 0.29) is 12.1 Å². The highest BCUT2D eigenvalue weighted by Gasteiger charge is 2.24. The van der Waals surface area contributed by atoms with Gasteiger partial charge in [0.05, 0.1) is 7.11 Å². The molecule has 1 aromatic heterocycles. The third-order valence-corrected chi connectivity index (χ3v) is 5.58. The van der Waals surface area contributed by atoms with Crippen LogP contribution in [0.15, 0.2) is 41.6 Å². The predicted octanol–water partition coefficient (Wildman–Crippen LogP) is 3.02. The average Bonchev–Trinajstić information content (AvgIpc) is 2.74. The summed E-state index contributed by atoms with van der Waals surface area (Å²) in [7, 11) is 3.48. The molecule has 2 aromatic rings. The fourth-order valence-corrected chi connectivity index (χ4v) is 3.89. The molecule has 1 aliphatic rings. The summed E-state index contributed by atoms with van der Waals surface area (Å²) in [6.45, 7) is 2.16. The number of nitrogens with zero attached hydrogens (tertiary/aromatic N) is 4. The number of carbonyl (C=O) groups excluding carboxylic acids is 1. The molecule has 1 aromatic carbocycles. The Hall–Kier alpha value is -2.48. The van der Waals surface area contributed by atoms with Crippen LogP contribution < -0.4 is 15.0 Å². The SMILES string of the molecule is COc1cc(CN(C)C(=O)NC2CCCN(c3ncccn3)C2)ccc1SC. The van der Waals surface area contributed by atoms with Crippen molar-refractivity contribution >= 4 is 23.7 Å². The minimum Gasteiger partial charge on any atom is -0.496 e. The van der Waals surface area contributed by atoms with Gasteiger partial charge in [0.2, 0.25) is 5.95 Å². The van der Waals surface area contributed by atoms with Crippen molar-refractivity contribution in [2.24, 2.45) is 0 Å². The number of benzene rings is 1. The van der Waals surface area contributed by atoms with Crippen molar-refractivity contribution < 1.29 is 9.53 Å². The number of rotatable bonds is 6. The lowest BCUT2D eigenvalue weighted by Gasteiger charge is -2.34. The van der Waals surface area contributed by atoms with Gasteiger partial charge in [-0.1, -0.05) is 6.07 Å². The third kappa shape index (κ3) is 5.07. The summed E-state index contributed by atoms with van der Waals surface area (Å²) >= 11 is 1.64. The fourth-order valence-electron chi connectivity index (χ4n) is 3.34. The van der Waals surface area contributed by atoms with Gasteiger partial charge in [0.15, 0.2) is 0 Å². The molecule has 1 N–H and O–H groups in total. The summed E-state index contributed by atoms with van der Waals surface area (Å²) in [5.74, 6) is 1.56. The molecule has 0 spiro atoms. The second kappa shape index (κ2) is 9.64. The molecule has 8 heteroatoms. The molecule has 3 rings (SSSR count). The summed E-state index contributed by atoms with van der Waals surface area (Å²) in [6.07, 6.45) is 7.47. The standard InChI is InChI=1S/C20H27N5O2S/c1-24(13-15-7-8-18(28-3)17(12-15)27-2)20(26)23-16-6-4-11-25(14-16)19-21-9-5-10-22-19/h5,7-10,12,16H,4,6,11,13-14H2,1-3H3,(H,23,26). The van der Waals surface area contributed by atoms with Crippen molar-refractivity contribution in [1.29, 1.82) is 0 Å². The Balaban J connectivity index is 1.56. The first-order chi connectivity index (χ1) is 13.6. The lowest BCUT2D eigenvalue weighted by atomic mass is 10.1. The van der Waals surface area contributed by atoms with Crippen molar-refractivity contribution in [2.75, 3.05) is 38.4 Å². The Morgan fingerprint density at radius 1 is 1.39 bits per heavy atom. The number of anilines is 1. The highest BCUT2D eigenvalue weighted by molar-refractivity contribution is 7.98. The van der Waals surface area contributed by atoms with Crippen LogP contribution in [0.4, 0.5) is 10.7 Å². The van der Waals surface area contributed by atoms with Crippen LogP contribution in [-0.2, 0) is 6.54 Å². The first kappa shape index (κ1) is 20.3. The number of aromatic nitrogens is 2. The van der Waals surface area contributed by atoms with Crippen LogP contribution in [0.5, 0.6) is 5.75 Å². The van der Waals surface area contributed by atoms with E-state index < -0.39 is 0 Å². The Morgan fingerprint density at radius 3 is 2.89 bits per heavy atom. The van der Waals surface area contributed by atoms with Gasteiger partial charge in [-0.2, -0.15) is 0 Å². The predicted molar refractivity (Wildman–Crippen MR) is 112 cm³/mol. The minimum absolute atomic E-state index is 0.0752. The highest BCUT2D eigenvalue weighted by Crippen LogP contribution is 2.28. The summed E-state index contributed by atoms with van der Waals surface area (Å²) in [5.41, 5.74) is 1.04. The summed E-state index contributed by atoms with van der Waals surface area (Å²) in [4.78, 5) is 26.2. The molecule has 1 saturated heterocycles. The molecular weight excluding hydrogens is 374 g/mol. The Kier molecular flexibility index (Phi) is 6.97. The molecule has 7 nitrogen and oxygen atoms in total. The number of amides is 2. The zero-order valence-electron chi connectivity index (χ0n) is 16.6. The average molecular weight is 402 g/mol. The Bertz CT molecular complexity index is 789. The largest absolute Gasteiger partial charge is 0.496 e. The first-order valence-corrected chi connectivity index (χ1v) is 10.6. The molecule has 2 heterocycles. The van der Waals surface area contributed by atoms with Crippen molar-refractivity contribution in [3.63, 3.8) is 0 Å². The molecule has 1 unspecified atom stereocenters. The number of hydrogen-bond acceptors (Lipinski definition) is 6. The lowest BCUT2D eigenvalue weighted by molar-refractivity contribution is 0.200. The number of nitrogens with one attached hydrogen (secondary N) is 1. The van der Waals surface area contributed by atoms with E-state index in [0.29, 0.717) is 6.54 Å². The molecule has 0 radical (unpaired) electrons. The maximum Gasteiger partial charge on any atom is 0.317 e. The van der Waals surface area contributed by atoms with Crippen LogP contribution in [0.2, 0.25) is 0 Å². The van der Waals surface area contributed by atoms with Crippen LogP contribution in [0.25, 0.3) is 0 Å². The zero-order chi connectivity index (χ0) is 19.9. The number of urea groups is 1. The van der Waals surface area contributed by atoms with E-state index in [2.05, 4.69) is 20.2 Å². The highest BCUT2D eigenvalue weighted by atomic mass is 32.2. The number of carbonyl (C=O) groups is 1. The first-order valence-electron chi connectivity index (χ1n) is 9.35. The van der Waals surface area contributed by atoms with Gasteiger partial charge in [-0.15, -0.1) is 11.8 Å². The topological polar surface area (TPSA) is 70.6 Å². The molecule has 0 aliphatic carbocycles. The second-order valence-electron chi connectivity index (χ2n) is 6.83. The third-order valence-electron chi connectivity index (χ3n) is 4.80. The molecule has 0 saturated carbocycles. The van der Waals surface area contributed by atoms with Gasteiger partial charge < -0.3 is 19.9 Å². The van der Waals surface area contributed by atoms with E-state index in [1.165, 1.54) is 0 Å². The Labute approximate surface area is 170 Å².